The van der Waals surface area contributed by atoms with Gasteiger partial charge in [0.15, 0.2) is 0 Å². The molecule has 0 aliphatic heterocycles. The van der Waals surface area contributed by atoms with Crippen LogP contribution in [0.2, 0.25) is 0 Å². The van der Waals surface area contributed by atoms with Crippen molar-refractivity contribution < 1.29 is 0 Å². The Morgan fingerprint density at radius 2 is 1.80 bits per heavy atom. The van der Waals surface area contributed by atoms with E-state index in [4.69, 9.17) is 5.73 Å². The van der Waals surface area contributed by atoms with Gasteiger partial charge in [-0.1, -0.05) is 25.1 Å². The van der Waals surface area contributed by atoms with Crippen LogP contribution in [0, 0.1) is 0 Å². The first-order chi connectivity index (χ1) is 9.58. The van der Waals surface area contributed by atoms with E-state index in [-0.39, 0.29) is 6.04 Å². The number of para-hydroxylation sites is 1. The van der Waals surface area contributed by atoms with Crippen molar-refractivity contribution >= 4 is 5.69 Å². The van der Waals surface area contributed by atoms with Crippen LogP contribution in [0.15, 0.2) is 24.3 Å². The smallest absolute Gasteiger partial charge is 0.0399 e. The second-order valence-electron chi connectivity index (χ2n) is 5.74. The Bertz CT molecular complexity index is 376. The summed E-state index contributed by atoms with van der Waals surface area (Å²) in [5, 5.41) is 0. The summed E-state index contributed by atoms with van der Waals surface area (Å²) < 4.78 is 0. The van der Waals surface area contributed by atoms with Crippen LogP contribution in [-0.4, -0.2) is 44.7 Å². The SMILES string of the molecule is CCC(N)Cc1ccccc1N(CC)CCCN(C)C. The summed E-state index contributed by atoms with van der Waals surface area (Å²) in [5.41, 5.74) is 8.87. The van der Waals surface area contributed by atoms with Crippen molar-refractivity contribution in [2.24, 2.45) is 5.73 Å². The summed E-state index contributed by atoms with van der Waals surface area (Å²) in [4.78, 5) is 4.72. The van der Waals surface area contributed by atoms with Gasteiger partial charge in [0, 0.05) is 24.8 Å². The van der Waals surface area contributed by atoms with E-state index in [1.807, 2.05) is 0 Å². The molecule has 1 rings (SSSR count). The Balaban J connectivity index is 2.75. The Labute approximate surface area is 124 Å². The summed E-state index contributed by atoms with van der Waals surface area (Å²) in [7, 11) is 4.26. The van der Waals surface area contributed by atoms with Crippen molar-refractivity contribution in [2.75, 3.05) is 38.6 Å². The molecule has 0 aliphatic rings. The number of anilines is 1. The van der Waals surface area contributed by atoms with Gasteiger partial charge in [0.25, 0.3) is 0 Å². The van der Waals surface area contributed by atoms with Gasteiger partial charge in [-0.15, -0.1) is 0 Å². The Morgan fingerprint density at radius 1 is 1.10 bits per heavy atom. The lowest BCUT2D eigenvalue weighted by molar-refractivity contribution is 0.400. The number of benzene rings is 1. The van der Waals surface area contributed by atoms with Crippen LogP contribution in [0.25, 0.3) is 0 Å². The van der Waals surface area contributed by atoms with Crippen LogP contribution in [-0.2, 0) is 6.42 Å². The third kappa shape index (κ3) is 5.51. The molecule has 2 N–H and O–H groups in total. The van der Waals surface area contributed by atoms with Crippen molar-refractivity contribution in [1.29, 1.82) is 0 Å². The van der Waals surface area contributed by atoms with Crippen molar-refractivity contribution in [2.45, 2.75) is 39.2 Å². The molecule has 0 amide bonds. The lowest BCUT2D eigenvalue weighted by Crippen LogP contribution is -2.29. The third-order valence-electron chi connectivity index (χ3n) is 3.75. The molecule has 1 unspecified atom stereocenters. The highest BCUT2D eigenvalue weighted by atomic mass is 15.1. The quantitative estimate of drug-likeness (QED) is 0.753. The molecule has 0 saturated carbocycles. The first-order valence-corrected chi connectivity index (χ1v) is 7.81. The normalized spacial score (nSPS) is 12.7. The first-order valence-electron chi connectivity index (χ1n) is 7.81. The summed E-state index contributed by atoms with van der Waals surface area (Å²) in [6.45, 7) is 7.67. The highest BCUT2D eigenvalue weighted by Crippen LogP contribution is 2.22. The largest absolute Gasteiger partial charge is 0.372 e. The maximum Gasteiger partial charge on any atom is 0.0399 e. The van der Waals surface area contributed by atoms with Crippen molar-refractivity contribution in [3.63, 3.8) is 0 Å². The zero-order chi connectivity index (χ0) is 15.0. The Hall–Kier alpha value is -1.06. The second-order valence-corrected chi connectivity index (χ2v) is 5.74. The molecular formula is C17H31N3. The summed E-state index contributed by atoms with van der Waals surface area (Å²) >= 11 is 0. The molecule has 0 aromatic heterocycles. The number of nitrogens with zero attached hydrogens (tertiary/aromatic N) is 2. The monoisotopic (exact) mass is 277 g/mol. The van der Waals surface area contributed by atoms with E-state index in [2.05, 4.69) is 62.0 Å². The van der Waals surface area contributed by atoms with Gasteiger partial charge in [-0.2, -0.15) is 0 Å². The predicted molar refractivity (Wildman–Crippen MR) is 89.5 cm³/mol. The molecule has 20 heavy (non-hydrogen) atoms. The van der Waals surface area contributed by atoms with E-state index >= 15 is 0 Å². The van der Waals surface area contributed by atoms with E-state index in [1.165, 1.54) is 17.7 Å². The van der Waals surface area contributed by atoms with Gasteiger partial charge in [-0.05, 0) is 58.5 Å². The number of rotatable bonds is 9. The minimum atomic E-state index is 0.261. The third-order valence-corrected chi connectivity index (χ3v) is 3.75. The van der Waals surface area contributed by atoms with Crippen molar-refractivity contribution in [3.8, 4) is 0 Å². The summed E-state index contributed by atoms with van der Waals surface area (Å²) in [6, 6.07) is 8.97. The van der Waals surface area contributed by atoms with Crippen LogP contribution < -0.4 is 10.6 Å². The zero-order valence-corrected chi connectivity index (χ0v) is 13.6. The van der Waals surface area contributed by atoms with Gasteiger partial charge < -0.3 is 15.5 Å². The predicted octanol–water partition coefficient (Wildman–Crippen LogP) is 2.74. The van der Waals surface area contributed by atoms with E-state index in [0.717, 1.165) is 32.5 Å². The molecule has 1 atom stereocenters. The molecule has 3 heteroatoms. The fraction of sp³-hybridized carbons (Fsp3) is 0.647. The van der Waals surface area contributed by atoms with Gasteiger partial charge in [-0.25, -0.2) is 0 Å². The molecule has 0 radical (unpaired) electrons. The molecule has 0 aliphatic carbocycles. The van der Waals surface area contributed by atoms with Crippen molar-refractivity contribution in [3.05, 3.63) is 29.8 Å². The highest BCUT2D eigenvalue weighted by molar-refractivity contribution is 5.53. The summed E-state index contributed by atoms with van der Waals surface area (Å²) in [6.07, 6.45) is 3.19. The second kappa shape index (κ2) is 8.98. The number of hydrogen-bond acceptors (Lipinski definition) is 3. The number of hydrogen-bond donors (Lipinski definition) is 1. The van der Waals surface area contributed by atoms with Crippen LogP contribution in [0.4, 0.5) is 5.69 Å². The first kappa shape index (κ1) is 17.0. The molecular weight excluding hydrogens is 246 g/mol. The molecule has 0 saturated heterocycles. The van der Waals surface area contributed by atoms with Gasteiger partial charge >= 0.3 is 0 Å². The fourth-order valence-corrected chi connectivity index (χ4v) is 2.45. The van der Waals surface area contributed by atoms with E-state index in [0.29, 0.717) is 0 Å². The number of nitrogens with two attached hydrogens (primary N) is 1. The summed E-state index contributed by atoms with van der Waals surface area (Å²) in [5.74, 6) is 0. The maximum atomic E-state index is 6.13. The zero-order valence-electron chi connectivity index (χ0n) is 13.6. The average Bonchev–Trinajstić information content (AvgIpc) is 2.44. The lowest BCUT2D eigenvalue weighted by Gasteiger charge is -2.27. The molecule has 0 spiro atoms. The van der Waals surface area contributed by atoms with Gasteiger partial charge in [-0.3, -0.25) is 0 Å². The van der Waals surface area contributed by atoms with Gasteiger partial charge in [0.2, 0.25) is 0 Å². The van der Waals surface area contributed by atoms with Gasteiger partial charge in [0.1, 0.15) is 0 Å². The van der Waals surface area contributed by atoms with Crippen LogP contribution in [0.3, 0.4) is 0 Å². The molecule has 3 nitrogen and oxygen atoms in total. The van der Waals surface area contributed by atoms with Gasteiger partial charge in [0.05, 0.1) is 0 Å². The van der Waals surface area contributed by atoms with E-state index in [1.54, 1.807) is 0 Å². The Morgan fingerprint density at radius 3 is 2.40 bits per heavy atom. The highest BCUT2D eigenvalue weighted by Gasteiger charge is 2.11. The Kier molecular flexibility index (Phi) is 7.63. The molecule has 0 heterocycles. The fourth-order valence-electron chi connectivity index (χ4n) is 2.45. The van der Waals surface area contributed by atoms with Crippen LogP contribution in [0.5, 0.6) is 0 Å². The standard InChI is InChI=1S/C17H31N3/c1-5-16(18)14-15-10-7-8-11-17(15)20(6-2)13-9-12-19(3)4/h7-8,10-11,16H,5-6,9,12-14,18H2,1-4H3. The van der Waals surface area contributed by atoms with E-state index < -0.39 is 0 Å². The van der Waals surface area contributed by atoms with Crippen molar-refractivity contribution in [1.82, 2.24) is 4.90 Å². The average molecular weight is 277 g/mol. The van der Waals surface area contributed by atoms with Crippen LogP contribution >= 0.6 is 0 Å². The minimum Gasteiger partial charge on any atom is -0.372 e. The minimum absolute atomic E-state index is 0.261. The molecule has 1 aromatic carbocycles. The molecule has 0 bridgehead atoms. The molecule has 114 valence electrons. The maximum absolute atomic E-state index is 6.13. The molecule has 0 fully saturated rings. The van der Waals surface area contributed by atoms with E-state index in [9.17, 15) is 0 Å². The lowest BCUT2D eigenvalue weighted by atomic mass is 10.0. The van der Waals surface area contributed by atoms with Crippen LogP contribution in [0.1, 0.15) is 32.3 Å². The molecule has 1 aromatic rings. The topological polar surface area (TPSA) is 32.5 Å².